The lowest BCUT2D eigenvalue weighted by Crippen LogP contribution is -2.43. The maximum atomic E-state index is 5.24. The van der Waals surface area contributed by atoms with Gasteiger partial charge in [0, 0.05) is 31.8 Å². The molecule has 0 radical (unpaired) electrons. The first-order valence-electron chi connectivity index (χ1n) is 6.59. The van der Waals surface area contributed by atoms with Gasteiger partial charge in [0.15, 0.2) is 0 Å². The van der Waals surface area contributed by atoms with Crippen LogP contribution in [0.25, 0.3) is 0 Å². The van der Waals surface area contributed by atoms with Crippen molar-refractivity contribution >= 4 is 0 Å². The van der Waals surface area contributed by atoms with E-state index in [9.17, 15) is 0 Å². The minimum atomic E-state index is 0.341. The van der Waals surface area contributed by atoms with Gasteiger partial charge in [-0.25, -0.2) is 0 Å². The summed E-state index contributed by atoms with van der Waals surface area (Å²) in [5, 5.41) is 3.61. The van der Waals surface area contributed by atoms with E-state index in [-0.39, 0.29) is 0 Å². The number of methoxy groups -OCH3 is 1. The molecule has 2 saturated heterocycles. The summed E-state index contributed by atoms with van der Waals surface area (Å²) in [7, 11) is 1.82. The number of nitrogens with one attached hydrogen (secondary N) is 1. The van der Waals surface area contributed by atoms with Crippen LogP contribution in [0.4, 0.5) is 0 Å². The summed E-state index contributed by atoms with van der Waals surface area (Å²) in [6.07, 6.45) is 3.91. The molecule has 2 heterocycles. The van der Waals surface area contributed by atoms with Crippen molar-refractivity contribution in [2.45, 2.75) is 44.7 Å². The highest BCUT2D eigenvalue weighted by atomic mass is 16.5. The lowest BCUT2D eigenvalue weighted by molar-refractivity contribution is 0.0823. The smallest absolute Gasteiger partial charge is 0.0491 e. The molecular weight excluding hydrogens is 200 g/mol. The Kier molecular flexibility index (Phi) is 3.88. The third-order valence-electron chi connectivity index (χ3n) is 4.13. The van der Waals surface area contributed by atoms with E-state index in [0.29, 0.717) is 5.54 Å². The van der Waals surface area contributed by atoms with Gasteiger partial charge in [0.25, 0.3) is 0 Å². The molecule has 94 valence electrons. The lowest BCUT2D eigenvalue weighted by Gasteiger charge is -2.35. The van der Waals surface area contributed by atoms with E-state index in [1.807, 2.05) is 7.11 Å². The lowest BCUT2D eigenvalue weighted by atomic mass is 9.94. The maximum Gasteiger partial charge on any atom is 0.0491 e. The van der Waals surface area contributed by atoms with Crippen LogP contribution in [0.15, 0.2) is 0 Å². The van der Waals surface area contributed by atoms with Gasteiger partial charge in [0.1, 0.15) is 0 Å². The monoisotopic (exact) mass is 226 g/mol. The summed E-state index contributed by atoms with van der Waals surface area (Å²) >= 11 is 0. The quantitative estimate of drug-likeness (QED) is 0.789. The van der Waals surface area contributed by atoms with E-state index in [1.54, 1.807) is 0 Å². The van der Waals surface area contributed by atoms with Crippen molar-refractivity contribution in [3.63, 3.8) is 0 Å². The summed E-state index contributed by atoms with van der Waals surface area (Å²) in [4.78, 5) is 2.67. The molecule has 2 rings (SSSR count). The minimum Gasteiger partial charge on any atom is -0.384 e. The van der Waals surface area contributed by atoms with Crippen LogP contribution in [-0.4, -0.2) is 49.8 Å². The van der Waals surface area contributed by atoms with Gasteiger partial charge < -0.3 is 10.1 Å². The third-order valence-corrected chi connectivity index (χ3v) is 4.13. The predicted octanol–water partition coefficient (Wildman–Crippen LogP) is 1.49. The van der Waals surface area contributed by atoms with Crippen molar-refractivity contribution in [2.24, 2.45) is 5.92 Å². The fourth-order valence-corrected chi connectivity index (χ4v) is 3.11. The molecule has 0 bridgehead atoms. The van der Waals surface area contributed by atoms with Gasteiger partial charge in [-0.1, -0.05) is 0 Å². The Balaban J connectivity index is 1.77. The molecule has 3 heteroatoms. The Hall–Kier alpha value is -0.120. The van der Waals surface area contributed by atoms with Crippen molar-refractivity contribution in [1.82, 2.24) is 10.2 Å². The standard InChI is InChI=1S/C13H26N2O/c1-13(2)8-12(9-14-13)15-6-4-11(5-7-15)10-16-3/h11-12,14H,4-10H2,1-3H3. The number of hydrogen-bond donors (Lipinski definition) is 1. The molecule has 0 aromatic heterocycles. The van der Waals surface area contributed by atoms with Crippen molar-refractivity contribution in [2.75, 3.05) is 33.4 Å². The molecule has 0 saturated carbocycles. The number of hydrogen-bond acceptors (Lipinski definition) is 3. The van der Waals surface area contributed by atoms with Gasteiger partial charge >= 0.3 is 0 Å². The van der Waals surface area contributed by atoms with E-state index in [0.717, 1.165) is 18.6 Å². The number of rotatable bonds is 3. The SMILES string of the molecule is COCC1CCN(C2CNC(C)(C)C2)CC1. The minimum absolute atomic E-state index is 0.341. The first-order valence-corrected chi connectivity index (χ1v) is 6.59. The molecule has 0 spiro atoms. The average Bonchev–Trinajstić information content (AvgIpc) is 2.61. The van der Waals surface area contributed by atoms with E-state index in [1.165, 1.54) is 38.9 Å². The van der Waals surface area contributed by atoms with Crippen LogP contribution >= 0.6 is 0 Å². The molecule has 0 aromatic carbocycles. The summed E-state index contributed by atoms with van der Waals surface area (Å²) in [6, 6.07) is 0.762. The fourth-order valence-electron chi connectivity index (χ4n) is 3.11. The Labute approximate surface area is 99.5 Å². The molecule has 1 N–H and O–H groups in total. The van der Waals surface area contributed by atoms with Crippen LogP contribution in [0.1, 0.15) is 33.1 Å². The molecule has 1 unspecified atom stereocenters. The fraction of sp³-hybridized carbons (Fsp3) is 1.00. The summed E-state index contributed by atoms with van der Waals surface area (Å²) in [5.41, 5.74) is 0.341. The normalized spacial score (nSPS) is 32.1. The maximum absolute atomic E-state index is 5.24. The average molecular weight is 226 g/mol. The van der Waals surface area contributed by atoms with E-state index >= 15 is 0 Å². The molecular formula is C13H26N2O. The topological polar surface area (TPSA) is 24.5 Å². The molecule has 0 aromatic rings. The van der Waals surface area contributed by atoms with Crippen molar-refractivity contribution in [3.05, 3.63) is 0 Å². The second-order valence-electron chi connectivity index (χ2n) is 6.06. The first kappa shape index (κ1) is 12.3. The molecule has 2 aliphatic heterocycles. The van der Waals surface area contributed by atoms with Gasteiger partial charge in [-0.05, 0) is 52.1 Å². The number of nitrogens with zero attached hydrogens (tertiary/aromatic N) is 1. The Morgan fingerprint density at radius 1 is 1.31 bits per heavy atom. The number of ether oxygens (including phenoxy) is 1. The van der Waals surface area contributed by atoms with E-state index in [2.05, 4.69) is 24.1 Å². The van der Waals surface area contributed by atoms with Crippen LogP contribution < -0.4 is 5.32 Å². The number of piperidine rings is 1. The van der Waals surface area contributed by atoms with Gasteiger partial charge in [-0.15, -0.1) is 0 Å². The van der Waals surface area contributed by atoms with Gasteiger partial charge in [0.2, 0.25) is 0 Å². The Morgan fingerprint density at radius 3 is 2.50 bits per heavy atom. The van der Waals surface area contributed by atoms with Crippen LogP contribution in [0, 0.1) is 5.92 Å². The summed E-state index contributed by atoms with van der Waals surface area (Å²) < 4.78 is 5.24. The predicted molar refractivity (Wildman–Crippen MR) is 66.7 cm³/mol. The van der Waals surface area contributed by atoms with Crippen LogP contribution in [0.3, 0.4) is 0 Å². The first-order chi connectivity index (χ1) is 7.61. The Bertz CT molecular complexity index is 222. The molecule has 0 aliphatic carbocycles. The highest BCUT2D eigenvalue weighted by Crippen LogP contribution is 2.26. The van der Waals surface area contributed by atoms with Crippen molar-refractivity contribution in [1.29, 1.82) is 0 Å². The highest BCUT2D eigenvalue weighted by Gasteiger charge is 2.35. The molecule has 1 atom stereocenters. The molecule has 16 heavy (non-hydrogen) atoms. The Morgan fingerprint density at radius 2 is 2.00 bits per heavy atom. The molecule has 2 aliphatic rings. The van der Waals surface area contributed by atoms with E-state index in [4.69, 9.17) is 4.74 Å². The summed E-state index contributed by atoms with van der Waals surface area (Å²) in [6.45, 7) is 9.26. The zero-order chi connectivity index (χ0) is 11.6. The molecule has 3 nitrogen and oxygen atoms in total. The van der Waals surface area contributed by atoms with Gasteiger partial charge in [-0.2, -0.15) is 0 Å². The van der Waals surface area contributed by atoms with Gasteiger partial charge in [0.05, 0.1) is 0 Å². The highest BCUT2D eigenvalue weighted by molar-refractivity contribution is 4.95. The largest absolute Gasteiger partial charge is 0.384 e. The van der Waals surface area contributed by atoms with Gasteiger partial charge in [-0.3, -0.25) is 4.90 Å². The zero-order valence-corrected chi connectivity index (χ0v) is 11.0. The van der Waals surface area contributed by atoms with Crippen molar-refractivity contribution < 1.29 is 4.74 Å². The zero-order valence-electron chi connectivity index (χ0n) is 11.0. The summed E-state index contributed by atoms with van der Waals surface area (Å²) in [5.74, 6) is 0.795. The van der Waals surface area contributed by atoms with E-state index < -0.39 is 0 Å². The van der Waals surface area contributed by atoms with Crippen LogP contribution in [0.5, 0.6) is 0 Å². The van der Waals surface area contributed by atoms with Crippen molar-refractivity contribution in [3.8, 4) is 0 Å². The second kappa shape index (κ2) is 5.03. The third kappa shape index (κ3) is 2.96. The number of likely N-dealkylation sites (tertiary alicyclic amines) is 1. The van der Waals surface area contributed by atoms with Crippen LogP contribution in [-0.2, 0) is 4.74 Å². The van der Waals surface area contributed by atoms with Crippen LogP contribution in [0.2, 0.25) is 0 Å². The second-order valence-corrected chi connectivity index (χ2v) is 6.06. The molecule has 0 amide bonds. The molecule has 2 fully saturated rings.